The van der Waals surface area contributed by atoms with E-state index in [0.29, 0.717) is 30.3 Å². The van der Waals surface area contributed by atoms with E-state index in [9.17, 15) is 4.79 Å². The lowest BCUT2D eigenvalue weighted by molar-refractivity contribution is 0.112. The van der Waals surface area contributed by atoms with Gasteiger partial charge in [0.2, 0.25) is 0 Å². The minimum atomic E-state index is 0.148. The summed E-state index contributed by atoms with van der Waals surface area (Å²) in [7, 11) is 0. The molecule has 0 radical (unpaired) electrons. The maximum Gasteiger partial charge on any atom is 0.162 e. The quantitative estimate of drug-likeness (QED) is 0.642. The number of aldehydes is 1. The number of carbonyl (C=O) groups excluding carboxylic acids is 1. The smallest absolute Gasteiger partial charge is 0.162 e. The highest BCUT2D eigenvalue weighted by atomic mass is 35.5. The van der Waals surface area contributed by atoms with Gasteiger partial charge in [-0.3, -0.25) is 4.79 Å². The lowest BCUT2D eigenvalue weighted by Gasteiger charge is -2.18. The van der Waals surface area contributed by atoms with Crippen molar-refractivity contribution < 1.29 is 14.3 Å². The number of rotatable bonds is 3. The van der Waals surface area contributed by atoms with Crippen molar-refractivity contribution in [2.45, 2.75) is 9.92 Å². The summed E-state index contributed by atoms with van der Waals surface area (Å²) in [6.07, 6.45) is 1.98. The molecule has 0 unspecified atom stereocenters. The number of aromatic nitrogens is 2. The van der Waals surface area contributed by atoms with E-state index in [0.717, 1.165) is 10.6 Å². The second-order valence-electron chi connectivity index (χ2n) is 3.91. The average Bonchev–Trinajstić information content (AvgIpc) is 2.47. The van der Waals surface area contributed by atoms with Crippen molar-refractivity contribution in [3.05, 3.63) is 35.2 Å². The van der Waals surface area contributed by atoms with Crippen LogP contribution >= 0.6 is 23.4 Å². The molecule has 1 aromatic carbocycles. The second kappa shape index (κ2) is 5.68. The summed E-state index contributed by atoms with van der Waals surface area (Å²) in [6.45, 7) is 1.08. The van der Waals surface area contributed by atoms with Crippen LogP contribution in [0.2, 0.25) is 5.15 Å². The monoisotopic (exact) mass is 308 g/mol. The first-order chi connectivity index (χ1) is 9.78. The van der Waals surface area contributed by atoms with Crippen LogP contribution in [0.25, 0.3) is 0 Å². The molecule has 1 aliphatic rings. The van der Waals surface area contributed by atoms with Crippen molar-refractivity contribution >= 4 is 29.6 Å². The lowest BCUT2D eigenvalue weighted by atomic mass is 10.3. The molecule has 0 atom stereocenters. The number of halogens is 1. The van der Waals surface area contributed by atoms with Crippen molar-refractivity contribution in [3.8, 4) is 11.5 Å². The maximum absolute atomic E-state index is 11.0. The molecule has 2 heterocycles. The Morgan fingerprint density at radius 1 is 1.20 bits per heavy atom. The molecule has 0 fully saturated rings. The van der Waals surface area contributed by atoms with Gasteiger partial charge in [0, 0.05) is 4.90 Å². The van der Waals surface area contributed by atoms with E-state index >= 15 is 0 Å². The molecule has 102 valence electrons. The molecule has 0 spiro atoms. The van der Waals surface area contributed by atoms with Crippen LogP contribution < -0.4 is 9.47 Å². The second-order valence-corrected chi connectivity index (χ2v) is 5.33. The number of nitrogens with zero attached hydrogens (tertiary/aromatic N) is 2. The molecule has 0 bridgehead atoms. The van der Waals surface area contributed by atoms with E-state index in [4.69, 9.17) is 21.1 Å². The maximum atomic E-state index is 11.0. The first-order valence-corrected chi connectivity index (χ1v) is 7.00. The highest BCUT2D eigenvalue weighted by molar-refractivity contribution is 7.99. The first-order valence-electron chi connectivity index (χ1n) is 5.81. The fourth-order valence-corrected chi connectivity index (χ4v) is 2.85. The molecule has 1 aromatic heterocycles. The van der Waals surface area contributed by atoms with Crippen molar-refractivity contribution in [2.24, 2.45) is 0 Å². The third-order valence-electron chi connectivity index (χ3n) is 2.64. The van der Waals surface area contributed by atoms with Crippen LogP contribution in [0.3, 0.4) is 0 Å². The van der Waals surface area contributed by atoms with Gasteiger partial charge in [-0.2, -0.15) is 0 Å². The predicted molar refractivity (Wildman–Crippen MR) is 74.0 cm³/mol. The Bertz CT molecular complexity index is 666. The molecular formula is C13H9ClN2O3S. The molecular weight excluding hydrogens is 300 g/mol. The Kier molecular flexibility index (Phi) is 3.75. The van der Waals surface area contributed by atoms with Crippen LogP contribution in [-0.2, 0) is 0 Å². The van der Waals surface area contributed by atoms with Gasteiger partial charge in [0.15, 0.2) is 17.8 Å². The molecule has 20 heavy (non-hydrogen) atoms. The summed E-state index contributed by atoms with van der Waals surface area (Å²) in [6, 6.07) is 5.56. The molecule has 0 amide bonds. The van der Waals surface area contributed by atoms with Gasteiger partial charge in [0.05, 0.1) is 5.56 Å². The minimum absolute atomic E-state index is 0.148. The van der Waals surface area contributed by atoms with Gasteiger partial charge in [-0.25, -0.2) is 9.97 Å². The molecule has 2 aromatic rings. The fraction of sp³-hybridized carbons (Fsp3) is 0.154. The van der Waals surface area contributed by atoms with Gasteiger partial charge in [0.1, 0.15) is 29.7 Å². The summed E-state index contributed by atoms with van der Waals surface area (Å²) >= 11 is 7.19. The van der Waals surface area contributed by atoms with E-state index in [-0.39, 0.29) is 10.7 Å². The molecule has 0 N–H and O–H groups in total. The van der Waals surface area contributed by atoms with E-state index in [1.165, 1.54) is 18.1 Å². The van der Waals surface area contributed by atoms with Crippen molar-refractivity contribution in [3.63, 3.8) is 0 Å². The molecule has 0 saturated carbocycles. The topological polar surface area (TPSA) is 61.3 Å². The summed E-state index contributed by atoms with van der Waals surface area (Å²) in [4.78, 5) is 19.8. The zero-order valence-electron chi connectivity index (χ0n) is 10.2. The predicted octanol–water partition coefficient (Wildman–Crippen LogP) is 2.86. The fourth-order valence-electron chi connectivity index (χ4n) is 1.74. The molecule has 0 saturated heterocycles. The Hall–Kier alpha value is -1.79. The van der Waals surface area contributed by atoms with Crippen molar-refractivity contribution in [1.29, 1.82) is 0 Å². The minimum Gasteiger partial charge on any atom is -0.486 e. The van der Waals surface area contributed by atoms with Gasteiger partial charge in [-0.05, 0) is 18.2 Å². The normalized spacial score (nSPS) is 13.1. The van der Waals surface area contributed by atoms with E-state index in [2.05, 4.69) is 9.97 Å². The SMILES string of the molecule is O=Cc1c(Cl)ncnc1Sc1ccc2c(c1)OCCO2. The van der Waals surface area contributed by atoms with E-state index < -0.39 is 0 Å². The number of hydrogen-bond donors (Lipinski definition) is 0. The van der Waals surface area contributed by atoms with Crippen LogP contribution in [0.4, 0.5) is 0 Å². The summed E-state index contributed by atoms with van der Waals surface area (Å²) in [5, 5.41) is 0.659. The van der Waals surface area contributed by atoms with E-state index in [1.807, 2.05) is 18.2 Å². The standard InChI is InChI=1S/C13H9ClN2O3S/c14-12-9(6-17)13(16-7-15-12)20-8-1-2-10-11(5-8)19-4-3-18-10/h1-2,5-7H,3-4H2. The Balaban J connectivity index is 1.92. The van der Waals surface area contributed by atoms with Crippen LogP contribution in [0.5, 0.6) is 11.5 Å². The number of fused-ring (bicyclic) bond motifs is 1. The Morgan fingerprint density at radius 3 is 2.80 bits per heavy atom. The average molecular weight is 309 g/mol. The van der Waals surface area contributed by atoms with Crippen LogP contribution in [0.1, 0.15) is 10.4 Å². The van der Waals surface area contributed by atoms with Crippen LogP contribution in [0, 0.1) is 0 Å². The molecule has 0 aliphatic carbocycles. The third kappa shape index (κ3) is 2.57. The largest absolute Gasteiger partial charge is 0.486 e. The molecule has 5 nitrogen and oxygen atoms in total. The van der Waals surface area contributed by atoms with Gasteiger partial charge in [-0.1, -0.05) is 23.4 Å². The molecule has 7 heteroatoms. The summed E-state index contributed by atoms with van der Waals surface area (Å²) in [5.74, 6) is 1.41. The van der Waals surface area contributed by atoms with Crippen molar-refractivity contribution in [2.75, 3.05) is 13.2 Å². The number of benzene rings is 1. The van der Waals surface area contributed by atoms with Gasteiger partial charge < -0.3 is 9.47 Å². The highest BCUT2D eigenvalue weighted by Gasteiger charge is 2.14. The highest BCUT2D eigenvalue weighted by Crippen LogP contribution is 2.37. The zero-order chi connectivity index (χ0) is 13.9. The first kappa shape index (κ1) is 13.2. The third-order valence-corrected chi connectivity index (χ3v) is 3.95. The van der Waals surface area contributed by atoms with Crippen molar-refractivity contribution in [1.82, 2.24) is 9.97 Å². The zero-order valence-corrected chi connectivity index (χ0v) is 11.8. The number of hydrogen-bond acceptors (Lipinski definition) is 6. The summed E-state index contributed by atoms with van der Waals surface area (Å²) in [5.41, 5.74) is 0.286. The molecule has 3 rings (SSSR count). The van der Waals surface area contributed by atoms with Gasteiger partial charge in [0.25, 0.3) is 0 Å². The number of carbonyl (C=O) groups is 1. The summed E-state index contributed by atoms with van der Waals surface area (Å²) < 4.78 is 11.0. The van der Waals surface area contributed by atoms with E-state index in [1.54, 1.807) is 0 Å². The Labute approximate surface area is 124 Å². The van der Waals surface area contributed by atoms with Gasteiger partial charge in [-0.15, -0.1) is 0 Å². The molecule has 1 aliphatic heterocycles. The van der Waals surface area contributed by atoms with Gasteiger partial charge >= 0.3 is 0 Å². The Morgan fingerprint density at radius 2 is 2.00 bits per heavy atom. The van der Waals surface area contributed by atoms with Crippen LogP contribution in [-0.4, -0.2) is 29.5 Å². The van der Waals surface area contributed by atoms with Crippen LogP contribution in [0.15, 0.2) is 34.4 Å². The lowest BCUT2D eigenvalue weighted by Crippen LogP contribution is -2.15. The number of ether oxygens (including phenoxy) is 2.